The Bertz CT molecular complexity index is 1130. The quantitative estimate of drug-likeness (QED) is 0.577. The van der Waals surface area contributed by atoms with Crippen LogP contribution in [0.1, 0.15) is 47.7 Å². The highest BCUT2D eigenvalue weighted by atomic mass is 19.4. The number of rotatable bonds is 5. The first-order valence-electron chi connectivity index (χ1n) is 10.6. The summed E-state index contributed by atoms with van der Waals surface area (Å²) >= 11 is 0. The molecule has 32 heavy (non-hydrogen) atoms. The van der Waals surface area contributed by atoms with Crippen LogP contribution in [0.3, 0.4) is 0 Å². The molecule has 1 fully saturated rings. The van der Waals surface area contributed by atoms with Crippen LogP contribution in [0, 0.1) is 13.8 Å². The Morgan fingerprint density at radius 3 is 2.78 bits per heavy atom. The van der Waals surface area contributed by atoms with Crippen LogP contribution in [0.15, 0.2) is 36.5 Å². The van der Waals surface area contributed by atoms with Gasteiger partial charge in [0.15, 0.2) is 5.65 Å². The van der Waals surface area contributed by atoms with Gasteiger partial charge < -0.3 is 9.64 Å². The van der Waals surface area contributed by atoms with Gasteiger partial charge in [0.1, 0.15) is 11.6 Å². The van der Waals surface area contributed by atoms with Gasteiger partial charge >= 0.3 is 6.18 Å². The molecule has 0 saturated carbocycles. The summed E-state index contributed by atoms with van der Waals surface area (Å²) in [5, 5.41) is 8.15. The summed E-state index contributed by atoms with van der Waals surface area (Å²) in [6, 6.07) is 8.25. The van der Waals surface area contributed by atoms with Crippen LogP contribution in [0.2, 0.25) is 0 Å². The predicted octanol–water partition coefficient (Wildman–Crippen LogP) is 4.54. The number of carbonyl (C=O) groups is 1. The molecule has 1 aliphatic rings. The number of aryl methyl sites for hydroxylation is 2. The Morgan fingerprint density at radius 2 is 2.00 bits per heavy atom. The van der Waals surface area contributed by atoms with Gasteiger partial charge in [-0.15, -0.1) is 10.2 Å². The smallest absolute Gasteiger partial charge is 0.417 e. The lowest BCUT2D eigenvalue weighted by atomic mass is 9.97. The Balaban J connectivity index is 1.42. The largest absolute Gasteiger partial charge is 0.493 e. The third-order valence-electron chi connectivity index (χ3n) is 5.81. The molecule has 3 heterocycles. The van der Waals surface area contributed by atoms with E-state index >= 15 is 0 Å². The number of likely N-dealkylation sites (tertiary alicyclic amines) is 1. The number of aromatic nitrogens is 3. The van der Waals surface area contributed by atoms with E-state index in [1.54, 1.807) is 4.90 Å². The molecule has 6 nitrogen and oxygen atoms in total. The van der Waals surface area contributed by atoms with Gasteiger partial charge in [-0.2, -0.15) is 13.2 Å². The van der Waals surface area contributed by atoms with E-state index in [-0.39, 0.29) is 24.9 Å². The molecule has 0 N–H and O–H groups in total. The molecule has 170 valence electrons. The lowest BCUT2D eigenvalue weighted by Crippen LogP contribution is -2.40. The van der Waals surface area contributed by atoms with Crippen LogP contribution >= 0.6 is 0 Å². The van der Waals surface area contributed by atoms with Gasteiger partial charge in [-0.05, 0) is 56.0 Å². The third kappa shape index (κ3) is 4.71. The van der Waals surface area contributed by atoms with Crippen LogP contribution in [0.25, 0.3) is 5.65 Å². The van der Waals surface area contributed by atoms with Crippen LogP contribution < -0.4 is 4.74 Å². The van der Waals surface area contributed by atoms with Crippen LogP contribution in [0.4, 0.5) is 13.2 Å². The second kappa shape index (κ2) is 8.80. The maximum atomic E-state index is 13.1. The molecule has 9 heteroatoms. The fraction of sp³-hybridized carbons (Fsp3) is 0.435. The number of hydrogen-bond donors (Lipinski definition) is 0. The van der Waals surface area contributed by atoms with E-state index in [0.717, 1.165) is 42.0 Å². The van der Waals surface area contributed by atoms with E-state index in [1.165, 1.54) is 10.5 Å². The molecule has 2 aromatic heterocycles. The van der Waals surface area contributed by atoms with Gasteiger partial charge in [-0.25, -0.2) is 0 Å². The number of benzene rings is 1. The SMILES string of the molecule is Cc1ccc(C)c(OCCC(=O)N2CCCC(c3nnc4ccc(C(F)(F)F)cn34)C2)c1. The number of pyridine rings is 1. The van der Waals surface area contributed by atoms with Crippen molar-refractivity contribution < 1.29 is 22.7 Å². The topological polar surface area (TPSA) is 59.7 Å². The molecular weight excluding hydrogens is 421 g/mol. The van der Waals surface area contributed by atoms with E-state index < -0.39 is 11.7 Å². The molecule has 1 aliphatic heterocycles. The first-order valence-corrected chi connectivity index (χ1v) is 10.6. The average Bonchev–Trinajstić information content (AvgIpc) is 3.19. The number of alkyl halides is 3. The van der Waals surface area contributed by atoms with Gasteiger partial charge in [-0.1, -0.05) is 12.1 Å². The van der Waals surface area contributed by atoms with Crippen molar-refractivity contribution in [2.24, 2.45) is 0 Å². The minimum atomic E-state index is -4.44. The van der Waals surface area contributed by atoms with Gasteiger partial charge in [0, 0.05) is 25.2 Å². The summed E-state index contributed by atoms with van der Waals surface area (Å²) in [5.74, 6) is 1.01. The number of piperidine rings is 1. The lowest BCUT2D eigenvalue weighted by molar-refractivity contribution is -0.138. The maximum absolute atomic E-state index is 13.1. The average molecular weight is 446 g/mol. The molecule has 3 aromatic rings. The highest BCUT2D eigenvalue weighted by Gasteiger charge is 2.32. The summed E-state index contributed by atoms with van der Waals surface area (Å²) in [4.78, 5) is 14.5. The third-order valence-corrected chi connectivity index (χ3v) is 5.81. The fourth-order valence-electron chi connectivity index (χ4n) is 4.04. The summed E-state index contributed by atoms with van der Waals surface area (Å²) in [5.41, 5.74) is 1.71. The highest BCUT2D eigenvalue weighted by molar-refractivity contribution is 5.76. The molecule has 0 radical (unpaired) electrons. The van der Waals surface area contributed by atoms with Gasteiger partial charge in [-0.3, -0.25) is 9.20 Å². The molecule has 0 spiro atoms. The minimum Gasteiger partial charge on any atom is -0.493 e. The molecule has 0 bridgehead atoms. The number of ether oxygens (including phenoxy) is 1. The zero-order chi connectivity index (χ0) is 22.9. The fourth-order valence-corrected chi connectivity index (χ4v) is 4.04. The van der Waals surface area contributed by atoms with Crippen molar-refractivity contribution in [1.29, 1.82) is 0 Å². The number of carbonyl (C=O) groups excluding carboxylic acids is 1. The normalized spacial score (nSPS) is 17.0. The van der Waals surface area contributed by atoms with Crippen molar-refractivity contribution in [3.63, 3.8) is 0 Å². The molecular formula is C23H25F3N4O2. The van der Waals surface area contributed by atoms with Crippen LogP contribution in [-0.4, -0.2) is 45.1 Å². The summed E-state index contributed by atoms with van der Waals surface area (Å²) in [7, 11) is 0. The molecule has 1 atom stereocenters. The zero-order valence-corrected chi connectivity index (χ0v) is 18.0. The first kappa shape index (κ1) is 22.1. The van der Waals surface area contributed by atoms with E-state index in [9.17, 15) is 18.0 Å². The number of hydrogen-bond acceptors (Lipinski definition) is 4. The second-order valence-electron chi connectivity index (χ2n) is 8.25. The van der Waals surface area contributed by atoms with E-state index in [1.807, 2.05) is 32.0 Å². The Morgan fingerprint density at radius 1 is 1.19 bits per heavy atom. The first-order chi connectivity index (χ1) is 15.2. The van der Waals surface area contributed by atoms with Crippen LogP contribution in [0.5, 0.6) is 5.75 Å². The van der Waals surface area contributed by atoms with Gasteiger partial charge in [0.05, 0.1) is 18.6 Å². The minimum absolute atomic E-state index is 0.0372. The predicted molar refractivity (Wildman–Crippen MR) is 113 cm³/mol. The molecule has 4 rings (SSSR count). The maximum Gasteiger partial charge on any atom is 0.417 e. The standard InChI is InChI=1S/C23H25F3N4O2/c1-15-5-6-16(2)19(12-15)32-11-9-21(31)29-10-3-4-17(13-29)22-28-27-20-8-7-18(14-30(20)22)23(24,25)26/h5-8,12,14,17H,3-4,9-11,13H2,1-2H3. The Labute approximate surface area is 184 Å². The number of halogens is 3. The van der Waals surface area contributed by atoms with Crippen molar-refractivity contribution in [3.05, 3.63) is 59.0 Å². The zero-order valence-electron chi connectivity index (χ0n) is 18.0. The van der Waals surface area contributed by atoms with E-state index in [0.29, 0.717) is 24.6 Å². The van der Waals surface area contributed by atoms with Crippen molar-refractivity contribution in [1.82, 2.24) is 19.5 Å². The molecule has 1 saturated heterocycles. The molecule has 1 unspecified atom stereocenters. The molecule has 0 aliphatic carbocycles. The van der Waals surface area contributed by atoms with E-state index in [2.05, 4.69) is 10.2 Å². The molecule has 1 amide bonds. The van der Waals surface area contributed by atoms with Crippen molar-refractivity contribution >= 4 is 11.6 Å². The Hall–Kier alpha value is -3.10. The number of amides is 1. The van der Waals surface area contributed by atoms with E-state index in [4.69, 9.17) is 4.74 Å². The summed E-state index contributed by atoms with van der Waals surface area (Å²) < 4.78 is 46.6. The van der Waals surface area contributed by atoms with Crippen molar-refractivity contribution in [2.75, 3.05) is 19.7 Å². The monoisotopic (exact) mass is 446 g/mol. The van der Waals surface area contributed by atoms with Gasteiger partial charge in [0.2, 0.25) is 5.91 Å². The number of fused-ring (bicyclic) bond motifs is 1. The summed E-state index contributed by atoms with van der Waals surface area (Å²) in [6.45, 7) is 5.23. The van der Waals surface area contributed by atoms with Crippen molar-refractivity contribution in [3.8, 4) is 5.75 Å². The summed E-state index contributed by atoms with van der Waals surface area (Å²) in [6.07, 6.45) is -1.69. The highest BCUT2D eigenvalue weighted by Crippen LogP contribution is 2.31. The second-order valence-corrected chi connectivity index (χ2v) is 8.25. The van der Waals surface area contributed by atoms with Crippen LogP contribution in [-0.2, 0) is 11.0 Å². The Kier molecular flexibility index (Phi) is 6.08. The lowest BCUT2D eigenvalue weighted by Gasteiger charge is -2.32. The molecule has 1 aromatic carbocycles. The number of nitrogens with zero attached hydrogens (tertiary/aromatic N) is 4. The van der Waals surface area contributed by atoms with Gasteiger partial charge in [0.25, 0.3) is 0 Å². The van der Waals surface area contributed by atoms with Crippen molar-refractivity contribution in [2.45, 2.75) is 45.2 Å².